The van der Waals surface area contributed by atoms with E-state index in [0.29, 0.717) is 36.9 Å². The van der Waals surface area contributed by atoms with Crippen molar-refractivity contribution in [1.29, 1.82) is 5.26 Å². The molecule has 39 heavy (non-hydrogen) atoms. The summed E-state index contributed by atoms with van der Waals surface area (Å²) in [6.07, 6.45) is 3.62. The van der Waals surface area contributed by atoms with Crippen molar-refractivity contribution in [2.75, 3.05) is 43.2 Å². The van der Waals surface area contributed by atoms with Gasteiger partial charge in [-0.25, -0.2) is 4.98 Å². The Morgan fingerprint density at radius 1 is 1.23 bits per heavy atom. The van der Waals surface area contributed by atoms with Gasteiger partial charge >= 0.3 is 5.97 Å². The molecule has 2 saturated heterocycles. The molecule has 2 aliphatic rings. The van der Waals surface area contributed by atoms with Crippen molar-refractivity contribution in [2.45, 2.75) is 57.8 Å². The number of methoxy groups -OCH3 is 1. The molecule has 4 rings (SSSR count). The van der Waals surface area contributed by atoms with Crippen LogP contribution in [0.25, 0.3) is 0 Å². The molecule has 9 nitrogen and oxygen atoms in total. The van der Waals surface area contributed by atoms with Gasteiger partial charge in [0.1, 0.15) is 11.9 Å². The topological polar surface area (TPSA) is 108 Å². The van der Waals surface area contributed by atoms with E-state index in [1.54, 1.807) is 13.3 Å². The molecule has 1 aromatic carbocycles. The molecule has 0 unspecified atom stereocenters. The molecule has 1 N–H and O–H groups in total. The number of halogens is 1. The second-order valence-electron chi connectivity index (χ2n) is 10.4. The first kappa shape index (κ1) is 28.8. The number of rotatable bonds is 11. The number of carbonyl (C=O) groups is 1. The van der Waals surface area contributed by atoms with E-state index in [9.17, 15) is 9.90 Å². The molecular weight excluding hydrogens is 520 g/mol. The zero-order chi connectivity index (χ0) is 27.9. The number of hydrogen-bond acceptors (Lipinski definition) is 8. The largest absolute Gasteiger partial charge is 0.490 e. The van der Waals surface area contributed by atoms with E-state index < -0.39 is 5.97 Å². The van der Waals surface area contributed by atoms with E-state index in [1.807, 2.05) is 37.3 Å². The molecule has 1 aromatic heterocycles. The number of piperidine rings is 1. The SMILES string of the molecule is COc1cc(N2CC[C@@H](Oc3ccc(N4C[C@H](OCCCC#N)[C@@H](C)[C@@H]4CC(=O)O)cc3)[C@H](C)C2)c(Cl)cn1. The predicted molar refractivity (Wildman–Crippen MR) is 150 cm³/mol. The number of ether oxygens (including phenoxy) is 3. The van der Waals surface area contributed by atoms with E-state index in [-0.39, 0.29) is 36.5 Å². The fourth-order valence-electron chi connectivity index (χ4n) is 5.56. The molecule has 0 spiro atoms. The van der Waals surface area contributed by atoms with Crippen LogP contribution in [0.3, 0.4) is 0 Å². The highest BCUT2D eigenvalue weighted by Crippen LogP contribution is 2.36. The maximum Gasteiger partial charge on any atom is 0.305 e. The van der Waals surface area contributed by atoms with Gasteiger partial charge in [-0.2, -0.15) is 5.26 Å². The molecule has 0 saturated carbocycles. The second-order valence-corrected chi connectivity index (χ2v) is 10.8. The van der Waals surface area contributed by atoms with Crippen molar-refractivity contribution in [3.05, 3.63) is 41.6 Å². The van der Waals surface area contributed by atoms with Crippen LogP contribution in [0.4, 0.5) is 11.4 Å². The number of nitriles is 1. The minimum atomic E-state index is -0.825. The maximum absolute atomic E-state index is 11.6. The smallest absolute Gasteiger partial charge is 0.305 e. The van der Waals surface area contributed by atoms with Crippen molar-refractivity contribution >= 4 is 28.9 Å². The predicted octanol–water partition coefficient (Wildman–Crippen LogP) is 5.03. The van der Waals surface area contributed by atoms with Crippen molar-refractivity contribution < 1.29 is 24.1 Å². The number of aromatic nitrogens is 1. The molecule has 0 bridgehead atoms. The van der Waals surface area contributed by atoms with Crippen LogP contribution in [0.1, 0.15) is 39.5 Å². The number of benzene rings is 1. The summed E-state index contributed by atoms with van der Waals surface area (Å²) in [7, 11) is 1.59. The van der Waals surface area contributed by atoms with Crippen LogP contribution in [0, 0.1) is 23.2 Å². The zero-order valence-corrected chi connectivity index (χ0v) is 23.5. The van der Waals surface area contributed by atoms with E-state index in [1.165, 1.54) is 0 Å². The van der Waals surface area contributed by atoms with Gasteiger partial charge in [-0.3, -0.25) is 4.79 Å². The first-order chi connectivity index (χ1) is 18.8. The number of anilines is 2. The Labute approximate surface area is 235 Å². The van der Waals surface area contributed by atoms with Crippen LogP contribution in [0.5, 0.6) is 11.6 Å². The fourth-order valence-corrected chi connectivity index (χ4v) is 5.78. The van der Waals surface area contributed by atoms with Gasteiger partial charge < -0.3 is 29.1 Å². The highest BCUT2D eigenvalue weighted by atomic mass is 35.5. The molecule has 2 aliphatic heterocycles. The summed E-state index contributed by atoms with van der Waals surface area (Å²) in [4.78, 5) is 20.2. The Kier molecular flexibility index (Phi) is 9.76. The van der Waals surface area contributed by atoms with Crippen LogP contribution in [0.2, 0.25) is 5.02 Å². The lowest BCUT2D eigenvalue weighted by Gasteiger charge is -2.38. The van der Waals surface area contributed by atoms with E-state index in [0.717, 1.165) is 36.6 Å². The number of carboxylic acid groups (broad SMARTS) is 1. The van der Waals surface area contributed by atoms with Gasteiger partial charge in [0, 0.05) is 68.7 Å². The van der Waals surface area contributed by atoms with Gasteiger partial charge in [-0.1, -0.05) is 25.4 Å². The average molecular weight is 557 g/mol. The van der Waals surface area contributed by atoms with Gasteiger partial charge in [-0.05, 0) is 30.7 Å². The average Bonchev–Trinajstić information content (AvgIpc) is 3.22. The number of aliphatic carboxylic acids is 1. The minimum Gasteiger partial charge on any atom is -0.490 e. The number of carboxylic acids is 1. The quantitative estimate of drug-likeness (QED) is 0.381. The first-order valence-corrected chi connectivity index (χ1v) is 13.9. The lowest BCUT2D eigenvalue weighted by molar-refractivity contribution is -0.137. The zero-order valence-electron chi connectivity index (χ0n) is 22.8. The third-order valence-corrected chi connectivity index (χ3v) is 8.05. The molecule has 0 radical (unpaired) electrons. The monoisotopic (exact) mass is 556 g/mol. The Morgan fingerprint density at radius 3 is 2.67 bits per heavy atom. The highest BCUT2D eigenvalue weighted by Gasteiger charge is 2.41. The van der Waals surface area contributed by atoms with Crippen LogP contribution in [0.15, 0.2) is 36.5 Å². The van der Waals surface area contributed by atoms with Crippen molar-refractivity contribution in [3.63, 3.8) is 0 Å². The van der Waals surface area contributed by atoms with Gasteiger partial charge in [0.2, 0.25) is 5.88 Å². The van der Waals surface area contributed by atoms with Crippen LogP contribution < -0.4 is 19.3 Å². The van der Waals surface area contributed by atoms with Crippen molar-refractivity contribution in [3.8, 4) is 17.7 Å². The first-order valence-electron chi connectivity index (χ1n) is 13.5. The lowest BCUT2D eigenvalue weighted by atomic mass is 9.96. The summed E-state index contributed by atoms with van der Waals surface area (Å²) in [5, 5.41) is 18.9. The summed E-state index contributed by atoms with van der Waals surface area (Å²) in [5.41, 5.74) is 1.87. The number of unbranched alkanes of at least 4 members (excludes halogenated alkanes) is 1. The van der Waals surface area contributed by atoms with E-state index in [4.69, 9.17) is 31.1 Å². The van der Waals surface area contributed by atoms with Crippen LogP contribution in [-0.2, 0) is 9.53 Å². The van der Waals surface area contributed by atoms with Gasteiger partial charge in [0.05, 0.1) is 42.6 Å². The normalized spacial score (nSPS) is 24.8. The number of nitrogens with zero attached hydrogens (tertiary/aromatic N) is 4. The number of hydrogen-bond donors (Lipinski definition) is 1. The third kappa shape index (κ3) is 7.06. The number of pyridine rings is 1. The molecule has 5 atom stereocenters. The molecule has 10 heteroatoms. The van der Waals surface area contributed by atoms with Crippen LogP contribution >= 0.6 is 11.6 Å². The lowest BCUT2D eigenvalue weighted by Crippen LogP contribution is -2.44. The molecule has 2 aromatic rings. The highest BCUT2D eigenvalue weighted by molar-refractivity contribution is 6.33. The van der Waals surface area contributed by atoms with E-state index in [2.05, 4.69) is 27.8 Å². The Hall–Kier alpha value is -3.22. The summed E-state index contributed by atoms with van der Waals surface area (Å²) in [5.74, 6) is 0.828. The molecule has 2 fully saturated rings. The van der Waals surface area contributed by atoms with Crippen molar-refractivity contribution in [1.82, 2.24) is 4.98 Å². The molecule has 0 amide bonds. The van der Waals surface area contributed by atoms with Crippen molar-refractivity contribution in [2.24, 2.45) is 11.8 Å². The van der Waals surface area contributed by atoms with Crippen LogP contribution in [-0.4, -0.2) is 67.7 Å². The Bertz CT molecular complexity index is 1160. The van der Waals surface area contributed by atoms with Gasteiger partial charge in [-0.15, -0.1) is 0 Å². The van der Waals surface area contributed by atoms with Gasteiger partial charge in [0.25, 0.3) is 0 Å². The molecule has 210 valence electrons. The second kappa shape index (κ2) is 13.2. The summed E-state index contributed by atoms with van der Waals surface area (Å²) >= 11 is 6.42. The third-order valence-electron chi connectivity index (χ3n) is 7.76. The molecule has 0 aliphatic carbocycles. The summed E-state index contributed by atoms with van der Waals surface area (Å²) in [6, 6.07) is 11.8. The van der Waals surface area contributed by atoms with Gasteiger partial charge in [0.15, 0.2) is 0 Å². The minimum absolute atomic E-state index is 0.0426. The summed E-state index contributed by atoms with van der Waals surface area (Å²) in [6.45, 7) is 6.94. The summed E-state index contributed by atoms with van der Waals surface area (Å²) < 4.78 is 17.7. The fraction of sp³-hybridized carbons (Fsp3) is 0.552. The van der Waals surface area contributed by atoms with E-state index >= 15 is 0 Å². The Morgan fingerprint density at radius 2 is 2.00 bits per heavy atom. The Balaban J connectivity index is 1.38. The molecular formula is C29H37ClN4O5. The maximum atomic E-state index is 11.6. The molecule has 3 heterocycles. The standard InChI is InChI=1S/C29H37ClN4O5/c1-19-17-33(25-14-28(37-3)32-16-23(25)30)12-10-26(19)39-22-8-6-21(7-9-22)34-18-27(38-13-5-4-11-31)20(2)24(34)15-29(35)36/h6-9,14,16,19-20,24,26-27H,4-5,10,12-13,15,17-18H2,1-3H3,(H,35,36)/t19-,20+,24+,26-,27+/m1/s1.